The van der Waals surface area contributed by atoms with E-state index in [0.29, 0.717) is 18.9 Å². The normalized spacial score (nSPS) is 16.4. The number of halogens is 1. The third-order valence-corrected chi connectivity index (χ3v) is 5.72. The van der Waals surface area contributed by atoms with Crippen molar-refractivity contribution in [2.24, 2.45) is 5.92 Å². The molecule has 1 aliphatic heterocycles. The van der Waals surface area contributed by atoms with Crippen LogP contribution in [0, 0.1) is 17.1 Å². The lowest BCUT2D eigenvalue weighted by molar-refractivity contribution is -0.128. The quantitative estimate of drug-likeness (QED) is 0.492. The number of nitrogens with one attached hydrogen (secondary N) is 3. The molecule has 2 aromatic carbocycles. The van der Waals surface area contributed by atoms with E-state index in [9.17, 15) is 9.18 Å². The van der Waals surface area contributed by atoms with Gasteiger partial charge in [0.05, 0.1) is 6.54 Å². The molecule has 0 aromatic heterocycles. The second-order valence-corrected chi connectivity index (χ2v) is 8.06. The van der Waals surface area contributed by atoms with E-state index in [-0.39, 0.29) is 11.7 Å². The molecule has 2 aliphatic rings. The van der Waals surface area contributed by atoms with Crippen LogP contribution < -0.4 is 10.6 Å². The summed E-state index contributed by atoms with van der Waals surface area (Å²) in [6.07, 6.45) is 3.28. The molecular weight excluding hydrogens is 379 g/mol. The summed E-state index contributed by atoms with van der Waals surface area (Å²) in [5.74, 6) is 0.835. The van der Waals surface area contributed by atoms with Crippen molar-refractivity contribution in [1.82, 2.24) is 10.2 Å². The molecule has 4 rings (SSSR count). The molecule has 3 N–H and O–H groups in total. The van der Waals surface area contributed by atoms with Crippen LogP contribution in [-0.2, 0) is 4.79 Å². The highest BCUT2D eigenvalue weighted by Gasteiger charge is 2.26. The van der Waals surface area contributed by atoms with Gasteiger partial charge in [0, 0.05) is 43.4 Å². The van der Waals surface area contributed by atoms with E-state index < -0.39 is 0 Å². The van der Waals surface area contributed by atoms with Gasteiger partial charge in [-0.3, -0.25) is 10.2 Å². The van der Waals surface area contributed by atoms with Gasteiger partial charge in [0.15, 0.2) is 0 Å². The van der Waals surface area contributed by atoms with Gasteiger partial charge in [0.25, 0.3) is 0 Å². The zero-order valence-corrected chi connectivity index (χ0v) is 17.2. The third kappa shape index (κ3) is 4.87. The van der Waals surface area contributed by atoms with E-state index in [2.05, 4.69) is 10.6 Å². The minimum absolute atomic E-state index is 0.0326. The monoisotopic (exact) mass is 406 g/mol. The molecule has 0 bridgehead atoms. The zero-order chi connectivity index (χ0) is 21.1. The van der Waals surface area contributed by atoms with Gasteiger partial charge in [-0.25, -0.2) is 4.39 Å². The lowest BCUT2D eigenvalue weighted by Crippen LogP contribution is -2.41. The maximum absolute atomic E-state index is 13.1. The molecule has 1 amide bonds. The number of amidine groups is 1. The number of carbonyl (C=O) groups excluding carboxylic acids is 1. The first-order valence-corrected chi connectivity index (χ1v) is 10.4. The standard InChI is InChI=1S/C24H27FN4O/c1-16(30)29-13-12-23(27-14-17-2-3-17)22(15-29)24(26)28-21-10-6-19(7-11-21)18-4-8-20(25)9-5-18/h4-11,17,27H,2-3,12-15H2,1H3,(H2,26,28). The smallest absolute Gasteiger partial charge is 0.219 e. The van der Waals surface area contributed by atoms with Crippen LogP contribution in [0.3, 0.4) is 0 Å². The number of hydrogen-bond donors (Lipinski definition) is 3. The first-order valence-electron chi connectivity index (χ1n) is 10.4. The summed E-state index contributed by atoms with van der Waals surface area (Å²) in [4.78, 5) is 13.7. The average Bonchev–Trinajstić information content (AvgIpc) is 3.58. The van der Waals surface area contributed by atoms with Gasteiger partial charge in [0.2, 0.25) is 5.91 Å². The Morgan fingerprint density at radius 2 is 1.73 bits per heavy atom. The van der Waals surface area contributed by atoms with Crippen LogP contribution >= 0.6 is 0 Å². The molecule has 0 spiro atoms. The summed E-state index contributed by atoms with van der Waals surface area (Å²) in [5, 5.41) is 15.3. The highest BCUT2D eigenvalue weighted by Crippen LogP contribution is 2.29. The van der Waals surface area contributed by atoms with Crippen molar-refractivity contribution < 1.29 is 9.18 Å². The van der Waals surface area contributed by atoms with Crippen LogP contribution in [-0.4, -0.2) is 36.3 Å². The van der Waals surface area contributed by atoms with Crippen LogP contribution in [0.4, 0.5) is 10.1 Å². The first kappa shape index (κ1) is 20.1. The van der Waals surface area contributed by atoms with Crippen LogP contribution in [0.15, 0.2) is 59.8 Å². The van der Waals surface area contributed by atoms with E-state index in [0.717, 1.165) is 47.0 Å². The van der Waals surface area contributed by atoms with Crippen molar-refractivity contribution in [3.8, 4) is 11.1 Å². The second-order valence-electron chi connectivity index (χ2n) is 8.06. The summed E-state index contributed by atoms with van der Waals surface area (Å²) in [6.45, 7) is 3.65. The van der Waals surface area contributed by atoms with Gasteiger partial charge in [-0.2, -0.15) is 0 Å². The van der Waals surface area contributed by atoms with Crippen molar-refractivity contribution >= 4 is 17.4 Å². The summed E-state index contributed by atoms with van der Waals surface area (Å²) in [7, 11) is 0. The molecular formula is C24H27FN4O. The molecule has 1 fully saturated rings. The second kappa shape index (κ2) is 8.69. The lowest BCUT2D eigenvalue weighted by Gasteiger charge is -2.31. The van der Waals surface area contributed by atoms with Gasteiger partial charge < -0.3 is 15.5 Å². The summed E-state index contributed by atoms with van der Waals surface area (Å²) >= 11 is 0. The van der Waals surface area contributed by atoms with Crippen LogP contribution in [0.1, 0.15) is 26.2 Å². The van der Waals surface area contributed by atoms with Crippen LogP contribution in [0.5, 0.6) is 0 Å². The predicted molar refractivity (Wildman–Crippen MR) is 118 cm³/mol. The Bertz CT molecular complexity index is 962. The molecule has 0 radical (unpaired) electrons. The van der Waals surface area contributed by atoms with E-state index >= 15 is 0 Å². The van der Waals surface area contributed by atoms with Crippen LogP contribution in [0.25, 0.3) is 11.1 Å². The van der Waals surface area contributed by atoms with Gasteiger partial charge in [-0.15, -0.1) is 0 Å². The summed E-state index contributed by atoms with van der Waals surface area (Å²) in [6, 6.07) is 14.1. The maximum Gasteiger partial charge on any atom is 0.219 e. The van der Waals surface area contributed by atoms with E-state index in [4.69, 9.17) is 5.41 Å². The predicted octanol–water partition coefficient (Wildman–Crippen LogP) is 4.39. The molecule has 0 unspecified atom stereocenters. The first-order chi connectivity index (χ1) is 14.5. The molecule has 0 atom stereocenters. The number of benzene rings is 2. The van der Waals surface area contributed by atoms with Crippen molar-refractivity contribution in [2.45, 2.75) is 26.2 Å². The average molecular weight is 407 g/mol. The zero-order valence-electron chi connectivity index (χ0n) is 17.2. The van der Waals surface area contributed by atoms with Gasteiger partial charge >= 0.3 is 0 Å². The fourth-order valence-corrected chi connectivity index (χ4v) is 3.65. The molecule has 0 saturated heterocycles. The van der Waals surface area contributed by atoms with Crippen molar-refractivity contribution in [3.05, 3.63) is 65.6 Å². The lowest BCUT2D eigenvalue weighted by atomic mass is 10.0. The minimum Gasteiger partial charge on any atom is -0.388 e. The number of hydrogen-bond acceptors (Lipinski definition) is 3. The Morgan fingerprint density at radius 1 is 1.10 bits per heavy atom. The topological polar surface area (TPSA) is 68.2 Å². The van der Waals surface area contributed by atoms with Crippen LogP contribution in [0.2, 0.25) is 0 Å². The maximum atomic E-state index is 13.1. The van der Waals surface area contributed by atoms with E-state index in [1.165, 1.54) is 25.0 Å². The van der Waals surface area contributed by atoms with E-state index in [1.54, 1.807) is 24.0 Å². The molecule has 1 saturated carbocycles. The third-order valence-electron chi connectivity index (χ3n) is 5.72. The SMILES string of the molecule is CC(=O)N1CCC(NCC2CC2)=C(C(=N)Nc2ccc(-c3ccc(F)cc3)cc2)C1. The fourth-order valence-electron chi connectivity index (χ4n) is 3.65. The van der Waals surface area contributed by atoms with Gasteiger partial charge in [0.1, 0.15) is 11.7 Å². The Balaban J connectivity index is 1.48. The molecule has 30 heavy (non-hydrogen) atoms. The van der Waals surface area contributed by atoms with Crippen molar-refractivity contribution in [3.63, 3.8) is 0 Å². The Kier molecular flexibility index (Phi) is 5.84. The molecule has 6 heteroatoms. The highest BCUT2D eigenvalue weighted by atomic mass is 19.1. The minimum atomic E-state index is -0.253. The van der Waals surface area contributed by atoms with Crippen molar-refractivity contribution in [2.75, 3.05) is 25.0 Å². The Labute approximate surface area is 176 Å². The highest BCUT2D eigenvalue weighted by molar-refractivity contribution is 6.07. The number of nitrogens with zero attached hydrogens (tertiary/aromatic N) is 1. The Hall–Kier alpha value is -3.15. The summed E-state index contributed by atoms with van der Waals surface area (Å²) in [5.41, 5.74) is 4.65. The Morgan fingerprint density at radius 3 is 2.33 bits per heavy atom. The largest absolute Gasteiger partial charge is 0.388 e. The number of amides is 1. The fraction of sp³-hybridized carbons (Fsp3) is 0.333. The molecule has 2 aromatic rings. The molecule has 5 nitrogen and oxygen atoms in total. The molecule has 1 heterocycles. The molecule has 156 valence electrons. The number of carbonyl (C=O) groups is 1. The van der Waals surface area contributed by atoms with Gasteiger partial charge in [-0.1, -0.05) is 24.3 Å². The van der Waals surface area contributed by atoms with Crippen molar-refractivity contribution in [1.29, 1.82) is 5.41 Å². The van der Waals surface area contributed by atoms with Gasteiger partial charge in [-0.05, 0) is 54.2 Å². The number of anilines is 1. The summed E-state index contributed by atoms with van der Waals surface area (Å²) < 4.78 is 13.1. The van der Waals surface area contributed by atoms with E-state index in [1.807, 2.05) is 24.3 Å². The number of rotatable bonds is 6. The molecule has 1 aliphatic carbocycles.